The number of carboxylic acid groups (broad SMARTS) is 1. The molecule has 8 heteroatoms. The van der Waals surface area contributed by atoms with Crippen LogP contribution in [0.5, 0.6) is 0 Å². The first kappa shape index (κ1) is 13.8. The lowest BCUT2D eigenvalue weighted by Crippen LogP contribution is -2.04. The molecule has 1 aromatic heterocycles. The summed E-state index contributed by atoms with van der Waals surface area (Å²) in [6.45, 7) is 1.79. The molecule has 0 saturated carbocycles. The van der Waals surface area contributed by atoms with Crippen LogP contribution in [-0.4, -0.2) is 25.8 Å². The highest BCUT2D eigenvalue weighted by molar-refractivity contribution is 6.35. The monoisotopic (exact) mass is 303 g/mol. The third kappa shape index (κ3) is 2.54. The highest BCUT2D eigenvalue weighted by Crippen LogP contribution is 2.26. The molecule has 0 amide bonds. The van der Waals surface area contributed by atoms with E-state index in [1.165, 1.54) is 16.8 Å². The molecule has 0 aliphatic rings. The van der Waals surface area contributed by atoms with Gasteiger partial charge in [0.25, 0.3) is 5.82 Å². The Kier molecular flexibility index (Phi) is 3.73. The molecule has 1 N–H and O–H groups in total. The van der Waals surface area contributed by atoms with E-state index in [1.54, 1.807) is 6.92 Å². The smallest absolute Gasteiger partial charge is 0.375 e. The van der Waals surface area contributed by atoms with Gasteiger partial charge in [-0.15, -0.1) is 5.10 Å². The molecule has 1 heterocycles. The third-order valence-electron chi connectivity index (χ3n) is 2.39. The lowest BCUT2D eigenvalue weighted by Gasteiger charge is -2.06. The van der Waals surface area contributed by atoms with Crippen molar-refractivity contribution < 1.29 is 14.3 Å². The second kappa shape index (κ2) is 5.14. The van der Waals surface area contributed by atoms with Gasteiger partial charge >= 0.3 is 5.97 Å². The average molecular weight is 304 g/mol. The second-order valence-corrected chi connectivity index (χ2v) is 4.46. The lowest BCUT2D eigenvalue weighted by atomic mass is 10.3. The zero-order valence-electron chi connectivity index (χ0n) is 9.69. The van der Waals surface area contributed by atoms with Gasteiger partial charge in [0.15, 0.2) is 5.82 Å². The number of halogens is 3. The number of benzene rings is 1. The largest absolute Gasteiger partial charge is 0.475 e. The van der Waals surface area contributed by atoms with Gasteiger partial charge < -0.3 is 5.11 Å². The number of carbonyl (C=O) groups is 1. The molecule has 0 aliphatic heterocycles. The van der Waals surface area contributed by atoms with Crippen LogP contribution in [0.25, 0.3) is 5.69 Å². The summed E-state index contributed by atoms with van der Waals surface area (Å²) in [5.74, 6) is -1.90. The van der Waals surface area contributed by atoms with Crippen LogP contribution in [0.15, 0.2) is 12.1 Å². The Morgan fingerprint density at radius 1 is 1.42 bits per heavy atom. The Morgan fingerprint density at radius 3 is 2.47 bits per heavy atom. The van der Waals surface area contributed by atoms with Gasteiger partial charge in [0.05, 0.1) is 15.7 Å². The summed E-state index contributed by atoms with van der Waals surface area (Å²) in [4.78, 5) is 14.7. The molecule has 19 heavy (non-hydrogen) atoms. The maximum absolute atomic E-state index is 13.3. The van der Waals surface area contributed by atoms with Gasteiger partial charge in [-0.1, -0.05) is 30.1 Å². The van der Waals surface area contributed by atoms with E-state index >= 15 is 0 Å². The van der Waals surface area contributed by atoms with Crippen molar-refractivity contribution in [3.8, 4) is 5.69 Å². The van der Waals surface area contributed by atoms with E-state index in [-0.39, 0.29) is 15.9 Å². The van der Waals surface area contributed by atoms with Crippen molar-refractivity contribution in [3.63, 3.8) is 0 Å². The van der Waals surface area contributed by atoms with Crippen LogP contribution in [-0.2, 0) is 6.42 Å². The molecule has 1 aromatic carbocycles. The molecule has 0 fully saturated rings. The molecule has 5 nitrogen and oxygen atoms in total. The Morgan fingerprint density at radius 2 is 2.00 bits per heavy atom. The van der Waals surface area contributed by atoms with E-state index in [2.05, 4.69) is 10.1 Å². The maximum atomic E-state index is 13.3. The molecule has 100 valence electrons. The van der Waals surface area contributed by atoms with Crippen LogP contribution in [0.4, 0.5) is 4.39 Å². The number of nitrogens with zero attached hydrogens (tertiary/aromatic N) is 3. The number of aromatic nitrogens is 3. The number of carboxylic acids is 1. The van der Waals surface area contributed by atoms with Gasteiger partial charge in [-0.3, -0.25) is 0 Å². The normalized spacial score (nSPS) is 10.7. The SMILES string of the molecule is CCc1nc(C(=O)O)nn1-c1cc(Cl)c(F)c(Cl)c1. The van der Waals surface area contributed by atoms with Crippen molar-refractivity contribution in [1.29, 1.82) is 0 Å². The van der Waals surface area contributed by atoms with Crippen LogP contribution < -0.4 is 0 Å². The molecule has 0 radical (unpaired) electrons. The Bertz CT molecular complexity index is 634. The van der Waals surface area contributed by atoms with E-state index in [9.17, 15) is 9.18 Å². The summed E-state index contributed by atoms with van der Waals surface area (Å²) < 4.78 is 14.6. The molecule has 2 rings (SSSR count). The van der Waals surface area contributed by atoms with Gasteiger partial charge in [-0.25, -0.2) is 18.9 Å². The van der Waals surface area contributed by atoms with Crippen molar-refractivity contribution >= 4 is 29.2 Å². The summed E-state index contributed by atoms with van der Waals surface area (Å²) in [5.41, 5.74) is 0.355. The summed E-state index contributed by atoms with van der Waals surface area (Å²) >= 11 is 11.4. The minimum absolute atomic E-state index is 0.170. The molecule has 0 unspecified atom stereocenters. The fraction of sp³-hybridized carbons (Fsp3) is 0.182. The van der Waals surface area contributed by atoms with E-state index in [4.69, 9.17) is 28.3 Å². The number of aromatic carboxylic acids is 1. The number of hydrogen-bond donors (Lipinski definition) is 1. The standard InChI is InChI=1S/C11H8Cl2FN3O2/c1-2-8-15-10(11(18)19)16-17(8)5-3-6(12)9(14)7(13)4-5/h3-4H,2H2,1H3,(H,18,19). The maximum Gasteiger partial charge on any atom is 0.375 e. The van der Waals surface area contributed by atoms with Crippen LogP contribution >= 0.6 is 23.2 Å². The molecule has 0 bridgehead atoms. The quantitative estimate of drug-likeness (QED) is 0.885. The first-order valence-corrected chi connectivity index (χ1v) is 6.03. The average Bonchev–Trinajstić information content (AvgIpc) is 2.79. The van der Waals surface area contributed by atoms with Crippen molar-refractivity contribution in [2.24, 2.45) is 0 Å². The fourth-order valence-electron chi connectivity index (χ4n) is 1.54. The van der Waals surface area contributed by atoms with Gasteiger partial charge in [0, 0.05) is 6.42 Å². The van der Waals surface area contributed by atoms with Crippen LogP contribution in [0.3, 0.4) is 0 Å². The molecular formula is C11H8Cl2FN3O2. The molecular weight excluding hydrogens is 296 g/mol. The van der Waals surface area contributed by atoms with Gasteiger partial charge in [-0.05, 0) is 12.1 Å². The number of rotatable bonds is 3. The molecule has 0 saturated heterocycles. The number of hydrogen-bond acceptors (Lipinski definition) is 3. The minimum Gasteiger partial charge on any atom is -0.475 e. The van der Waals surface area contributed by atoms with Gasteiger partial charge in [0.2, 0.25) is 0 Å². The van der Waals surface area contributed by atoms with Gasteiger partial charge in [-0.2, -0.15) is 0 Å². The molecule has 0 spiro atoms. The van der Waals surface area contributed by atoms with Crippen LogP contribution in [0.2, 0.25) is 10.0 Å². The zero-order chi connectivity index (χ0) is 14.2. The topological polar surface area (TPSA) is 68.0 Å². The Labute approximate surface area is 117 Å². The first-order valence-electron chi connectivity index (χ1n) is 5.28. The van der Waals surface area contributed by atoms with Crippen molar-refractivity contribution in [3.05, 3.63) is 39.6 Å². The predicted molar refractivity (Wildman–Crippen MR) is 67.7 cm³/mol. The van der Waals surface area contributed by atoms with Crippen LogP contribution in [0, 0.1) is 5.82 Å². The summed E-state index contributed by atoms with van der Waals surface area (Å²) in [7, 11) is 0. The summed E-state index contributed by atoms with van der Waals surface area (Å²) in [5, 5.41) is 12.4. The molecule has 2 aromatic rings. The van der Waals surface area contributed by atoms with Crippen molar-refractivity contribution in [1.82, 2.24) is 14.8 Å². The summed E-state index contributed by atoms with van der Waals surface area (Å²) in [6, 6.07) is 2.62. The highest BCUT2D eigenvalue weighted by Gasteiger charge is 2.17. The minimum atomic E-state index is -1.24. The lowest BCUT2D eigenvalue weighted by molar-refractivity contribution is 0.0683. The Balaban J connectivity index is 2.61. The first-order chi connectivity index (χ1) is 8.93. The van der Waals surface area contributed by atoms with E-state index in [0.29, 0.717) is 17.9 Å². The van der Waals surface area contributed by atoms with Gasteiger partial charge in [0.1, 0.15) is 5.82 Å². The van der Waals surface area contributed by atoms with E-state index in [0.717, 1.165) is 0 Å². The zero-order valence-corrected chi connectivity index (χ0v) is 11.2. The van der Waals surface area contributed by atoms with Crippen molar-refractivity contribution in [2.45, 2.75) is 13.3 Å². The third-order valence-corrected chi connectivity index (χ3v) is 2.94. The molecule has 0 aliphatic carbocycles. The van der Waals surface area contributed by atoms with E-state index < -0.39 is 11.8 Å². The van der Waals surface area contributed by atoms with Crippen LogP contribution in [0.1, 0.15) is 23.4 Å². The predicted octanol–water partition coefficient (Wildman–Crippen LogP) is 2.97. The van der Waals surface area contributed by atoms with Crippen molar-refractivity contribution in [2.75, 3.05) is 0 Å². The highest BCUT2D eigenvalue weighted by atomic mass is 35.5. The fourth-order valence-corrected chi connectivity index (χ4v) is 2.01. The second-order valence-electron chi connectivity index (χ2n) is 3.65. The Hall–Kier alpha value is -1.66. The molecule has 0 atom stereocenters. The summed E-state index contributed by atoms with van der Waals surface area (Å²) in [6.07, 6.45) is 0.451. The number of aryl methyl sites for hydroxylation is 1. The van der Waals surface area contributed by atoms with E-state index in [1.807, 2.05) is 0 Å².